The molecule has 1 atom stereocenters. The highest BCUT2D eigenvalue weighted by atomic mass is 16.5. The van der Waals surface area contributed by atoms with Gasteiger partial charge >= 0.3 is 0 Å². The molecule has 0 aliphatic carbocycles. The third-order valence-electron chi connectivity index (χ3n) is 3.76. The molecule has 0 heterocycles. The van der Waals surface area contributed by atoms with Gasteiger partial charge in [-0.2, -0.15) is 0 Å². The van der Waals surface area contributed by atoms with Gasteiger partial charge in [-0.1, -0.05) is 45.0 Å². The molecule has 0 spiro atoms. The Balaban J connectivity index is 2.01. The van der Waals surface area contributed by atoms with Gasteiger partial charge in [0.05, 0.1) is 7.11 Å². The number of para-hydroxylation sites is 2. The number of amides is 1. The molecule has 2 aromatic rings. The lowest BCUT2D eigenvalue weighted by Crippen LogP contribution is -2.30. The van der Waals surface area contributed by atoms with Crippen molar-refractivity contribution in [3.05, 3.63) is 54.1 Å². The van der Waals surface area contributed by atoms with Gasteiger partial charge in [-0.25, -0.2) is 0 Å². The molecule has 0 aliphatic heterocycles. The largest absolute Gasteiger partial charge is 0.493 e. The van der Waals surface area contributed by atoms with Crippen LogP contribution in [0.3, 0.4) is 0 Å². The molecule has 2 aromatic carbocycles. The van der Waals surface area contributed by atoms with Crippen molar-refractivity contribution in [3.8, 4) is 11.5 Å². The van der Waals surface area contributed by atoms with Crippen molar-refractivity contribution < 1.29 is 14.3 Å². The number of nitrogens with one attached hydrogen (secondary N) is 1. The van der Waals surface area contributed by atoms with E-state index in [4.69, 9.17) is 9.47 Å². The van der Waals surface area contributed by atoms with E-state index in [0.29, 0.717) is 11.5 Å². The van der Waals surface area contributed by atoms with E-state index in [1.807, 2.05) is 36.4 Å². The molecule has 0 unspecified atom stereocenters. The smallest absolute Gasteiger partial charge is 0.265 e. The number of carbonyl (C=O) groups excluding carboxylic acids is 1. The normalized spacial score (nSPS) is 12.4. The first-order valence-electron chi connectivity index (χ1n) is 8.02. The minimum absolute atomic E-state index is 0.0861. The zero-order valence-corrected chi connectivity index (χ0v) is 14.9. The van der Waals surface area contributed by atoms with Gasteiger partial charge in [0, 0.05) is 5.69 Å². The molecule has 0 radical (unpaired) electrons. The Labute approximate surface area is 143 Å². The third kappa shape index (κ3) is 4.51. The van der Waals surface area contributed by atoms with Gasteiger partial charge in [0.25, 0.3) is 5.91 Å². The van der Waals surface area contributed by atoms with Gasteiger partial charge in [-0.3, -0.25) is 4.79 Å². The van der Waals surface area contributed by atoms with E-state index in [1.165, 1.54) is 5.56 Å². The summed E-state index contributed by atoms with van der Waals surface area (Å²) in [6, 6.07) is 15.2. The summed E-state index contributed by atoms with van der Waals surface area (Å²) >= 11 is 0. The van der Waals surface area contributed by atoms with E-state index in [9.17, 15) is 4.79 Å². The lowest BCUT2D eigenvalue weighted by atomic mass is 9.87. The highest BCUT2D eigenvalue weighted by Gasteiger charge is 2.18. The Morgan fingerprint density at radius 3 is 2.12 bits per heavy atom. The number of benzene rings is 2. The summed E-state index contributed by atoms with van der Waals surface area (Å²) < 4.78 is 10.9. The Bertz CT molecular complexity index is 687. The minimum atomic E-state index is -0.636. The first-order chi connectivity index (χ1) is 11.3. The Morgan fingerprint density at radius 2 is 1.58 bits per heavy atom. The molecule has 0 fully saturated rings. The summed E-state index contributed by atoms with van der Waals surface area (Å²) in [6.07, 6.45) is -0.636. The van der Waals surface area contributed by atoms with Crippen molar-refractivity contribution in [2.45, 2.75) is 39.2 Å². The lowest BCUT2D eigenvalue weighted by molar-refractivity contribution is -0.122. The number of rotatable bonds is 5. The maximum absolute atomic E-state index is 12.3. The summed E-state index contributed by atoms with van der Waals surface area (Å²) in [5, 5.41) is 2.87. The van der Waals surface area contributed by atoms with E-state index in [-0.39, 0.29) is 11.3 Å². The molecular weight excluding hydrogens is 302 g/mol. The topological polar surface area (TPSA) is 47.6 Å². The summed E-state index contributed by atoms with van der Waals surface area (Å²) in [6.45, 7) is 8.18. The van der Waals surface area contributed by atoms with Crippen molar-refractivity contribution in [2.75, 3.05) is 12.4 Å². The quantitative estimate of drug-likeness (QED) is 0.885. The van der Waals surface area contributed by atoms with Crippen molar-refractivity contribution in [1.29, 1.82) is 0 Å². The van der Waals surface area contributed by atoms with Crippen LogP contribution >= 0.6 is 0 Å². The van der Waals surface area contributed by atoms with Crippen LogP contribution < -0.4 is 14.8 Å². The second-order valence-corrected chi connectivity index (χ2v) is 6.73. The van der Waals surface area contributed by atoms with Crippen LogP contribution in [-0.2, 0) is 10.2 Å². The van der Waals surface area contributed by atoms with E-state index in [0.717, 1.165) is 5.69 Å². The molecule has 0 aromatic heterocycles. The molecular formula is C20H25NO3. The molecule has 0 saturated carbocycles. The fourth-order valence-electron chi connectivity index (χ4n) is 2.26. The summed E-state index contributed by atoms with van der Waals surface area (Å²) in [5.41, 5.74) is 2.06. The van der Waals surface area contributed by atoms with Crippen LogP contribution in [0.5, 0.6) is 11.5 Å². The Morgan fingerprint density at radius 1 is 1.00 bits per heavy atom. The predicted octanol–water partition coefficient (Wildman–Crippen LogP) is 4.40. The number of methoxy groups -OCH3 is 1. The van der Waals surface area contributed by atoms with Crippen LogP contribution in [0.25, 0.3) is 0 Å². The van der Waals surface area contributed by atoms with Crippen LogP contribution in [0.4, 0.5) is 5.69 Å². The number of hydrogen-bond donors (Lipinski definition) is 1. The Hall–Kier alpha value is -2.49. The van der Waals surface area contributed by atoms with Crippen molar-refractivity contribution >= 4 is 11.6 Å². The van der Waals surface area contributed by atoms with Gasteiger partial charge < -0.3 is 14.8 Å². The van der Waals surface area contributed by atoms with Gasteiger partial charge in [0.15, 0.2) is 17.6 Å². The van der Waals surface area contributed by atoms with Gasteiger partial charge in [-0.15, -0.1) is 0 Å². The highest BCUT2D eigenvalue weighted by Crippen LogP contribution is 2.27. The molecule has 4 nitrogen and oxygen atoms in total. The first-order valence-corrected chi connectivity index (χ1v) is 8.02. The fraction of sp³-hybridized carbons (Fsp3) is 0.350. The zero-order chi connectivity index (χ0) is 17.7. The molecule has 1 amide bonds. The number of carbonyl (C=O) groups is 1. The molecule has 0 bridgehead atoms. The van der Waals surface area contributed by atoms with Crippen LogP contribution in [0.15, 0.2) is 48.5 Å². The van der Waals surface area contributed by atoms with E-state index in [1.54, 1.807) is 26.2 Å². The second-order valence-electron chi connectivity index (χ2n) is 6.73. The van der Waals surface area contributed by atoms with Gasteiger partial charge in [-0.05, 0) is 42.2 Å². The monoisotopic (exact) mass is 327 g/mol. The van der Waals surface area contributed by atoms with Crippen molar-refractivity contribution in [1.82, 2.24) is 0 Å². The second kappa shape index (κ2) is 7.39. The predicted molar refractivity (Wildman–Crippen MR) is 96.9 cm³/mol. The van der Waals surface area contributed by atoms with Crippen LogP contribution in [0, 0.1) is 0 Å². The molecule has 4 heteroatoms. The highest BCUT2D eigenvalue weighted by molar-refractivity contribution is 5.94. The SMILES string of the molecule is COc1ccccc1O[C@H](C)C(=O)Nc1ccc(C(C)(C)C)cc1. The zero-order valence-electron chi connectivity index (χ0n) is 14.9. The molecule has 1 N–H and O–H groups in total. The van der Waals surface area contributed by atoms with Gasteiger partial charge in [0.1, 0.15) is 0 Å². The minimum Gasteiger partial charge on any atom is -0.493 e. The average molecular weight is 327 g/mol. The third-order valence-corrected chi connectivity index (χ3v) is 3.76. The summed E-state index contributed by atoms with van der Waals surface area (Å²) in [5.74, 6) is 0.946. The number of ether oxygens (including phenoxy) is 2. The van der Waals surface area contributed by atoms with Crippen LogP contribution in [0.2, 0.25) is 0 Å². The lowest BCUT2D eigenvalue weighted by Gasteiger charge is -2.20. The molecule has 2 rings (SSSR count). The summed E-state index contributed by atoms with van der Waals surface area (Å²) in [4.78, 5) is 12.3. The van der Waals surface area contributed by atoms with Crippen LogP contribution in [-0.4, -0.2) is 19.1 Å². The number of hydrogen-bond acceptors (Lipinski definition) is 3. The standard InChI is InChI=1S/C20H25NO3/c1-14(24-18-9-7-6-8-17(18)23-5)19(22)21-16-12-10-15(11-13-16)20(2,3)4/h6-14H,1-5H3,(H,21,22)/t14-/m1/s1. The summed E-state index contributed by atoms with van der Waals surface area (Å²) in [7, 11) is 1.57. The van der Waals surface area contributed by atoms with E-state index < -0.39 is 6.10 Å². The average Bonchev–Trinajstić information content (AvgIpc) is 2.55. The Kier molecular flexibility index (Phi) is 5.50. The van der Waals surface area contributed by atoms with E-state index in [2.05, 4.69) is 26.1 Å². The molecule has 128 valence electrons. The molecule has 0 aliphatic rings. The van der Waals surface area contributed by atoms with Crippen LogP contribution in [0.1, 0.15) is 33.3 Å². The molecule has 0 saturated heterocycles. The fourth-order valence-corrected chi connectivity index (χ4v) is 2.26. The maximum atomic E-state index is 12.3. The van der Waals surface area contributed by atoms with Crippen molar-refractivity contribution in [2.24, 2.45) is 0 Å². The van der Waals surface area contributed by atoms with Gasteiger partial charge in [0.2, 0.25) is 0 Å². The van der Waals surface area contributed by atoms with E-state index >= 15 is 0 Å². The molecule has 24 heavy (non-hydrogen) atoms. The number of anilines is 1. The maximum Gasteiger partial charge on any atom is 0.265 e. The first kappa shape index (κ1) is 17.9. The van der Waals surface area contributed by atoms with Crippen molar-refractivity contribution in [3.63, 3.8) is 0 Å².